The van der Waals surface area contributed by atoms with Crippen LogP contribution >= 0.6 is 0 Å². The third kappa shape index (κ3) is 9.36. The van der Waals surface area contributed by atoms with Crippen molar-refractivity contribution < 1.29 is 29.3 Å². The summed E-state index contributed by atoms with van der Waals surface area (Å²) in [6.07, 6.45) is 3.05. The summed E-state index contributed by atoms with van der Waals surface area (Å²) in [5.74, 6) is -0.395. The van der Waals surface area contributed by atoms with E-state index in [0.717, 1.165) is 19.3 Å². The van der Waals surface area contributed by atoms with E-state index in [0.29, 0.717) is 12.3 Å². The Balaban J connectivity index is 4.27. The molecule has 0 heterocycles. The second-order valence-electron chi connectivity index (χ2n) is 6.47. The smallest absolute Gasteiger partial charge is 0.333 e. The van der Waals surface area contributed by atoms with Gasteiger partial charge in [-0.2, -0.15) is 0 Å². The van der Waals surface area contributed by atoms with Crippen molar-refractivity contribution in [3.63, 3.8) is 0 Å². The average molecular weight is 330 g/mol. The predicted octanol–water partition coefficient (Wildman–Crippen LogP) is 1.84. The van der Waals surface area contributed by atoms with Crippen molar-refractivity contribution in [3.8, 4) is 0 Å². The first-order valence-electron chi connectivity index (χ1n) is 7.96. The van der Waals surface area contributed by atoms with Gasteiger partial charge in [-0.3, -0.25) is 4.79 Å². The first kappa shape index (κ1) is 21.6. The molecule has 0 bridgehead atoms. The SMILES string of the molecule is C=C(C)C(=O)OCC(CO)(CO)COC(=O)CCCCC(C)C. The molecule has 0 aliphatic heterocycles. The lowest BCUT2D eigenvalue weighted by atomic mass is 9.92. The van der Waals surface area contributed by atoms with Gasteiger partial charge in [-0.1, -0.05) is 33.3 Å². The number of esters is 2. The van der Waals surface area contributed by atoms with Gasteiger partial charge in [0.15, 0.2) is 0 Å². The number of rotatable bonds is 12. The topological polar surface area (TPSA) is 93.1 Å². The minimum Gasteiger partial charge on any atom is -0.465 e. The monoisotopic (exact) mass is 330 g/mol. The minimum absolute atomic E-state index is 0.202. The summed E-state index contributed by atoms with van der Waals surface area (Å²) in [6, 6.07) is 0. The van der Waals surface area contributed by atoms with E-state index in [1.807, 2.05) is 0 Å². The molecule has 2 N–H and O–H groups in total. The van der Waals surface area contributed by atoms with Gasteiger partial charge in [0.1, 0.15) is 13.2 Å². The molecule has 0 aromatic heterocycles. The zero-order chi connectivity index (χ0) is 17.9. The molecule has 0 fully saturated rings. The lowest BCUT2D eigenvalue weighted by molar-refractivity contribution is -0.157. The van der Waals surface area contributed by atoms with Gasteiger partial charge in [0.2, 0.25) is 0 Å². The Labute approximate surface area is 138 Å². The Kier molecular flexibility index (Phi) is 10.5. The van der Waals surface area contributed by atoms with E-state index < -0.39 is 24.6 Å². The molecule has 6 heteroatoms. The third-order valence-electron chi connectivity index (χ3n) is 3.48. The van der Waals surface area contributed by atoms with Crippen LogP contribution in [0.15, 0.2) is 12.2 Å². The maximum absolute atomic E-state index is 11.7. The van der Waals surface area contributed by atoms with Crippen molar-refractivity contribution in [2.45, 2.75) is 46.5 Å². The Morgan fingerprint density at radius 2 is 1.65 bits per heavy atom. The van der Waals surface area contributed by atoms with Gasteiger partial charge < -0.3 is 19.7 Å². The molecule has 0 aliphatic carbocycles. The molecule has 0 spiro atoms. The normalized spacial score (nSPS) is 11.4. The highest BCUT2D eigenvalue weighted by atomic mass is 16.5. The molecule has 134 valence electrons. The first-order chi connectivity index (χ1) is 10.8. The fourth-order valence-corrected chi connectivity index (χ4v) is 1.74. The van der Waals surface area contributed by atoms with Crippen LogP contribution in [0.2, 0.25) is 0 Å². The summed E-state index contributed by atoms with van der Waals surface area (Å²) in [4.78, 5) is 23.1. The van der Waals surface area contributed by atoms with Gasteiger partial charge in [-0.25, -0.2) is 4.79 Å². The van der Waals surface area contributed by atoms with E-state index in [1.54, 1.807) is 0 Å². The van der Waals surface area contributed by atoms with E-state index in [1.165, 1.54) is 6.92 Å². The van der Waals surface area contributed by atoms with Crippen LogP contribution in [0.5, 0.6) is 0 Å². The summed E-state index contributed by atoms with van der Waals surface area (Å²) in [5, 5.41) is 18.9. The third-order valence-corrected chi connectivity index (χ3v) is 3.48. The predicted molar refractivity (Wildman–Crippen MR) is 86.6 cm³/mol. The maximum Gasteiger partial charge on any atom is 0.333 e. The number of hydrogen-bond donors (Lipinski definition) is 2. The van der Waals surface area contributed by atoms with Crippen LogP contribution in [0.25, 0.3) is 0 Å². The molecule has 0 atom stereocenters. The van der Waals surface area contributed by atoms with Crippen LogP contribution in [0, 0.1) is 11.3 Å². The van der Waals surface area contributed by atoms with Crippen LogP contribution in [0.3, 0.4) is 0 Å². The van der Waals surface area contributed by atoms with Crippen molar-refractivity contribution >= 4 is 11.9 Å². The largest absolute Gasteiger partial charge is 0.465 e. The summed E-state index contributed by atoms with van der Waals surface area (Å²) >= 11 is 0. The molecule has 0 aromatic rings. The zero-order valence-corrected chi connectivity index (χ0v) is 14.5. The van der Waals surface area contributed by atoms with Crippen molar-refractivity contribution in [1.82, 2.24) is 0 Å². The molecule has 0 unspecified atom stereocenters. The fourth-order valence-electron chi connectivity index (χ4n) is 1.74. The zero-order valence-electron chi connectivity index (χ0n) is 14.5. The second-order valence-corrected chi connectivity index (χ2v) is 6.47. The number of ether oxygens (including phenoxy) is 2. The molecule has 0 rings (SSSR count). The van der Waals surface area contributed by atoms with Gasteiger partial charge in [0.25, 0.3) is 0 Å². The van der Waals surface area contributed by atoms with Gasteiger partial charge in [0, 0.05) is 12.0 Å². The molecule has 0 radical (unpaired) electrons. The Hall–Kier alpha value is -1.40. The summed E-state index contributed by atoms with van der Waals surface area (Å²) in [7, 11) is 0. The van der Waals surface area contributed by atoms with Crippen molar-refractivity contribution in [3.05, 3.63) is 12.2 Å². The summed E-state index contributed by atoms with van der Waals surface area (Å²) in [5.41, 5.74) is -0.976. The van der Waals surface area contributed by atoms with Crippen LogP contribution < -0.4 is 0 Å². The number of aliphatic hydroxyl groups excluding tert-OH is 2. The molecule has 0 aromatic carbocycles. The van der Waals surface area contributed by atoms with Crippen molar-refractivity contribution in [2.75, 3.05) is 26.4 Å². The molecule has 23 heavy (non-hydrogen) atoms. The van der Waals surface area contributed by atoms with Gasteiger partial charge in [-0.15, -0.1) is 0 Å². The number of carbonyl (C=O) groups is 2. The van der Waals surface area contributed by atoms with Crippen LogP contribution in [-0.4, -0.2) is 48.6 Å². The highest BCUT2D eigenvalue weighted by Crippen LogP contribution is 2.18. The van der Waals surface area contributed by atoms with E-state index >= 15 is 0 Å². The molecule has 6 nitrogen and oxygen atoms in total. The molecule has 0 aliphatic rings. The maximum atomic E-state index is 11.7. The average Bonchev–Trinajstić information content (AvgIpc) is 2.51. The molecule has 0 amide bonds. The van der Waals surface area contributed by atoms with E-state index in [9.17, 15) is 19.8 Å². The number of aliphatic hydroxyl groups is 2. The Morgan fingerprint density at radius 1 is 1.09 bits per heavy atom. The highest BCUT2D eigenvalue weighted by Gasteiger charge is 2.33. The van der Waals surface area contributed by atoms with Crippen molar-refractivity contribution in [1.29, 1.82) is 0 Å². The summed E-state index contributed by atoms with van der Waals surface area (Å²) in [6.45, 7) is 7.83. The number of unbranched alkanes of at least 4 members (excludes halogenated alkanes) is 1. The minimum atomic E-state index is -1.20. The van der Waals surface area contributed by atoms with Gasteiger partial charge in [0.05, 0.1) is 18.6 Å². The molecule has 0 saturated heterocycles. The van der Waals surface area contributed by atoms with Crippen LogP contribution in [0.4, 0.5) is 0 Å². The van der Waals surface area contributed by atoms with Gasteiger partial charge >= 0.3 is 11.9 Å². The van der Waals surface area contributed by atoms with Crippen LogP contribution in [-0.2, 0) is 19.1 Å². The number of hydrogen-bond acceptors (Lipinski definition) is 6. The van der Waals surface area contributed by atoms with Crippen molar-refractivity contribution in [2.24, 2.45) is 11.3 Å². The quantitative estimate of drug-likeness (QED) is 0.322. The van der Waals surface area contributed by atoms with Gasteiger partial charge in [-0.05, 0) is 19.3 Å². The number of carbonyl (C=O) groups excluding carboxylic acids is 2. The lowest BCUT2D eigenvalue weighted by Gasteiger charge is -2.28. The van der Waals surface area contributed by atoms with E-state index in [2.05, 4.69) is 20.4 Å². The van der Waals surface area contributed by atoms with E-state index in [4.69, 9.17) is 9.47 Å². The Bertz CT molecular complexity index is 385. The Morgan fingerprint density at radius 3 is 2.13 bits per heavy atom. The lowest BCUT2D eigenvalue weighted by Crippen LogP contribution is -2.41. The van der Waals surface area contributed by atoms with Crippen LogP contribution in [0.1, 0.15) is 46.5 Å². The molecular formula is C17H30O6. The fraction of sp³-hybridized carbons (Fsp3) is 0.765. The second kappa shape index (κ2) is 11.2. The van der Waals surface area contributed by atoms with E-state index in [-0.39, 0.29) is 24.8 Å². The summed E-state index contributed by atoms with van der Waals surface area (Å²) < 4.78 is 10.1. The standard InChI is InChI=1S/C17H30O6/c1-13(2)7-5-6-8-15(20)22-11-17(9-18,10-19)12-23-16(21)14(3)4/h13,18-19H,3,5-12H2,1-2,4H3. The first-order valence-corrected chi connectivity index (χ1v) is 7.96. The molecule has 0 saturated carbocycles. The highest BCUT2D eigenvalue weighted by molar-refractivity contribution is 5.86. The molecular weight excluding hydrogens is 300 g/mol.